The molecule has 0 bridgehead atoms. The van der Waals surface area contributed by atoms with E-state index >= 15 is 0 Å². The zero-order valence-electron chi connectivity index (χ0n) is 18.3. The van der Waals surface area contributed by atoms with Crippen LogP contribution in [-0.4, -0.2) is 48.2 Å². The van der Waals surface area contributed by atoms with E-state index in [0.717, 1.165) is 0 Å². The summed E-state index contributed by atoms with van der Waals surface area (Å²) in [5, 5.41) is 0.321. The van der Waals surface area contributed by atoms with E-state index in [0.29, 0.717) is 34.5 Å². The molecule has 0 aliphatic carbocycles. The van der Waals surface area contributed by atoms with Gasteiger partial charge in [0.2, 0.25) is 5.91 Å². The van der Waals surface area contributed by atoms with Crippen LogP contribution in [0.3, 0.4) is 0 Å². The Kier molecular flexibility index (Phi) is 7.60. The number of nitrogens with one attached hydrogen (secondary N) is 1. The van der Waals surface area contributed by atoms with Gasteiger partial charge in [0.05, 0.1) is 31.7 Å². The van der Waals surface area contributed by atoms with Crippen LogP contribution in [0, 0.1) is 0 Å². The number of halogens is 2. The number of benzene rings is 2. The quantitative estimate of drug-likeness (QED) is 0.492. The summed E-state index contributed by atoms with van der Waals surface area (Å²) in [6, 6.07) is 9.27. The van der Waals surface area contributed by atoms with Gasteiger partial charge in [0, 0.05) is 24.3 Å². The van der Waals surface area contributed by atoms with E-state index in [1.54, 1.807) is 31.2 Å². The molecule has 3 aromatic rings. The average Bonchev–Trinajstić information content (AvgIpc) is 2.80. The van der Waals surface area contributed by atoms with Crippen molar-refractivity contribution in [3.8, 4) is 17.2 Å². The Morgan fingerprint density at radius 1 is 1.15 bits per heavy atom. The van der Waals surface area contributed by atoms with Gasteiger partial charge in [-0.05, 0) is 25.1 Å². The summed E-state index contributed by atoms with van der Waals surface area (Å²) in [4.78, 5) is 33.8. The van der Waals surface area contributed by atoms with Crippen LogP contribution in [-0.2, 0) is 11.3 Å². The lowest BCUT2D eigenvalue weighted by molar-refractivity contribution is -0.126. The fraction of sp³-hybridized carbons (Fsp3) is 0.261. The topological polar surface area (TPSA) is 93.8 Å². The molecule has 1 heterocycles. The number of para-hydroxylation sites is 1. The number of aromatic nitrogens is 2. The van der Waals surface area contributed by atoms with Crippen LogP contribution in [0.15, 0.2) is 47.3 Å². The van der Waals surface area contributed by atoms with Crippen molar-refractivity contribution in [2.75, 3.05) is 20.8 Å². The van der Waals surface area contributed by atoms with E-state index in [2.05, 4.69) is 14.7 Å². The predicted molar refractivity (Wildman–Crippen MR) is 119 cm³/mol. The zero-order chi connectivity index (χ0) is 24.0. The number of methoxy groups -OCH3 is 2. The average molecular weight is 459 g/mol. The van der Waals surface area contributed by atoms with Gasteiger partial charge in [0.25, 0.3) is 5.56 Å². The van der Waals surface area contributed by atoms with E-state index < -0.39 is 6.61 Å². The van der Waals surface area contributed by atoms with E-state index in [1.807, 2.05) is 0 Å². The molecule has 0 saturated heterocycles. The maximum atomic E-state index is 12.7. The van der Waals surface area contributed by atoms with E-state index in [-0.39, 0.29) is 29.6 Å². The number of carbonyl (C=O) groups is 1. The van der Waals surface area contributed by atoms with Gasteiger partial charge in [0.1, 0.15) is 11.6 Å². The van der Waals surface area contributed by atoms with Crippen molar-refractivity contribution in [1.29, 1.82) is 0 Å². The maximum absolute atomic E-state index is 12.7. The second kappa shape index (κ2) is 10.6. The molecule has 0 unspecified atom stereocenters. The Morgan fingerprint density at radius 3 is 2.52 bits per heavy atom. The number of carbonyl (C=O) groups excluding carboxylic acids is 1. The number of H-pyrrole nitrogens is 1. The molecule has 1 N–H and O–H groups in total. The molecule has 1 aromatic heterocycles. The summed E-state index contributed by atoms with van der Waals surface area (Å²) in [5.74, 6) is 0.676. The van der Waals surface area contributed by atoms with Gasteiger partial charge in [0.15, 0.2) is 11.5 Å². The smallest absolute Gasteiger partial charge is 0.387 e. The zero-order valence-corrected chi connectivity index (χ0v) is 18.3. The highest BCUT2D eigenvalue weighted by Gasteiger charge is 2.15. The number of ether oxygens (including phenoxy) is 3. The Balaban J connectivity index is 1.84. The molecule has 2 aromatic carbocycles. The van der Waals surface area contributed by atoms with Crippen LogP contribution in [0.5, 0.6) is 17.2 Å². The molecule has 0 spiro atoms. The molecule has 0 aliphatic heterocycles. The molecule has 0 fully saturated rings. The molecule has 0 aliphatic rings. The summed E-state index contributed by atoms with van der Waals surface area (Å²) in [5.41, 5.74) is 0.345. The molecular formula is C23H23F2N3O5. The SMILES string of the molecule is CCN(Cc1nc2cc(OC)c(OC)cc2c(=O)[nH]1)C(=O)/C=C/c1ccccc1OC(F)F. The first-order chi connectivity index (χ1) is 15.9. The fourth-order valence-electron chi connectivity index (χ4n) is 3.20. The van der Waals surface area contributed by atoms with Crippen molar-refractivity contribution in [1.82, 2.24) is 14.9 Å². The highest BCUT2D eigenvalue weighted by Crippen LogP contribution is 2.30. The van der Waals surface area contributed by atoms with Crippen molar-refractivity contribution in [3.63, 3.8) is 0 Å². The largest absolute Gasteiger partial charge is 0.493 e. The minimum Gasteiger partial charge on any atom is -0.493 e. The highest BCUT2D eigenvalue weighted by molar-refractivity contribution is 5.92. The Labute approximate surface area is 188 Å². The van der Waals surface area contributed by atoms with Gasteiger partial charge in [-0.3, -0.25) is 9.59 Å². The number of fused-ring (bicyclic) bond motifs is 1. The highest BCUT2D eigenvalue weighted by atomic mass is 19.3. The predicted octanol–water partition coefficient (Wildman–Crippen LogP) is 3.60. The summed E-state index contributed by atoms with van der Waals surface area (Å²) < 4.78 is 40.1. The van der Waals surface area contributed by atoms with Gasteiger partial charge in [-0.1, -0.05) is 18.2 Å². The minimum atomic E-state index is -2.98. The molecular weight excluding hydrogens is 436 g/mol. The van der Waals surface area contributed by atoms with Gasteiger partial charge in [-0.15, -0.1) is 0 Å². The normalized spacial score (nSPS) is 11.2. The van der Waals surface area contributed by atoms with Crippen LogP contribution in [0.25, 0.3) is 17.0 Å². The van der Waals surface area contributed by atoms with Crippen molar-refractivity contribution >= 4 is 22.9 Å². The van der Waals surface area contributed by atoms with Crippen LogP contribution in [0.2, 0.25) is 0 Å². The van der Waals surface area contributed by atoms with Crippen LogP contribution >= 0.6 is 0 Å². The number of rotatable bonds is 9. The molecule has 8 nitrogen and oxygen atoms in total. The Morgan fingerprint density at radius 2 is 1.85 bits per heavy atom. The molecule has 0 radical (unpaired) electrons. The van der Waals surface area contributed by atoms with Crippen molar-refractivity contribution in [3.05, 3.63) is 64.2 Å². The van der Waals surface area contributed by atoms with Crippen LogP contribution in [0.1, 0.15) is 18.3 Å². The van der Waals surface area contributed by atoms with E-state index in [9.17, 15) is 18.4 Å². The number of nitrogens with zero attached hydrogens (tertiary/aromatic N) is 2. The number of hydrogen-bond acceptors (Lipinski definition) is 6. The number of likely N-dealkylation sites (N-methyl/N-ethyl adjacent to an activating group) is 1. The third kappa shape index (κ3) is 5.65. The third-order valence-electron chi connectivity index (χ3n) is 4.83. The van der Waals surface area contributed by atoms with Crippen LogP contribution in [0.4, 0.5) is 8.78 Å². The summed E-state index contributed by atoms with van der Waals surface area (Å²) >= 11 is 0. The van der Waals surface area contributed by atoms with E-state index in [1.165, 1.54) is 43.4 Å². The molecule has 10 heteroatoms. The maximum Gasteiger partial charge on any atom is 0.387 e. The first kappa shape index (κ1) is 23.7. The van der Waals surface area contributed by atoms with Crippen LogP contribution < -0.4 is 19.8 Å². The third-order valence-corrected chi connectivity index (χ3v) is 4.83. The lowest BCUT2D eigenvalue weighted by Gasteiger charge is -2.19. The van der Waals surface area contributed by atoms with E-state index in [4.69, 9.17) is 9.47 Å². The van der Waals surface area contributed by atoms with Crippen molar-refractivity contribution in [2.45, 2.75) is 20.1 Å². The standard InChI is InChI=1S/C23H23F2N3O5/c1-4-28(21(29)10-9-14-7-5-6-8-17(14)33-23(24)25)13-20-26-16-12-19(32-3)18(31-2)11-15(16)22(30)27-20/h5-12,23H,4,13H2,1-3H3,(H,26,27,30)/b10-9+. The lowest BCUT2D eigenvalue weighted by atomic mass is 10.2. The van der Waals surface area contributed by atoms with Gasteiger partial charge in [-0.2, -0.15) is 8.78 Å². The van der Waals surface area contributed by atoms with Gasteiger partial charge < -0.3 is 24.1 Å². The molecule has 174 valence electrons. The molecule has 1 amide bonds. The molecule has 0 saturated carbocycles. The molecule has 3 rings (SSSR count). The monoisotopic (exact) mass is 459 g/mol. The van der Waals surface area contributed by atoms with Crippen molar-refractivity contribution in [2.24, 2.45) is 0 Å². The summed E-state index contributed by atoms with van der Waals surface area (Å²) in [6.07, 6.45) is 2.65. The molecule has 0 atom stereocenters. The summed E-state index contributed by atoms with van der Waals surface area (Å²) in [7, 11) is 2.95. The van der Waals surface area contributed by atoms with Gasteiger partial charge >= 0.3 is 6.61 Å². The Hall–Kier alpha value is -3.95. The lowest BCUT2D eigenvalue weighted by Crippen LogP contribution is -2.30. The first-order valence-electron chi connectivity index (χ1n) is 10.0. The number of alkyl halides is 2. The second-order valence-corrected chi connectivity index (χ2v) is 6.84. The fourth-order valence-corrected chi connectivity index (χ4v) is 3.20. The second-order valence-electron chi connectivity index (χ2n) is 6.84. The van der Waals surface area contributed by atoms with Gasteiger partial charge in [-0.25, -0.2) is 4.98 Å². The molecule has 33 heavy (non-hydrogen) atoms. The summed E-state index contributed by atoms with van der Waals surface area (Å²) in [6.45, 7) is -0.843. The number of amides is 1. The number of aromatic amines is 1. The number of hydrogen-bond donors (Lipinski definition) is 1. The minimum absolute atomic E-state index is 0.0361. The van der Waals surface area contributed by atoms with Crippen molar-refractivity contribution < 1.29 is 27.8 Å². The Bertz CT molecular complexity index is 1230. The first-order valence-corrected chi connectivity index (χ1v) is 10.0.